The van der Waals surface area contributed by atoms with E-state index in [0.29, 0.717) is 11.3 Å². The number of nitrogen functional groups attached to an aromatic ring is 1. The van der Waals surface area contributed by atoms with Crippen molar-refractivity contribution < 1.29 is 5.11 Å². The summed E-state index contributed by atoms with van der Waals surface area (Å²) < 4.78 is 0. The maximum absolute atomic E-state index is 8.84. The van der Waals surface area contributed by atoms with Crippen LogP contribution in [0.1, 0.15) is 16.8 Å². The molecule has 0 radical (unpaired) electrons. The highest BCUT2D eigenvalue weighted by Crippen LogP contribution is 2.07. The van der Waals surface area contributed by atoms with Gasteiger partial charge in [0.25, 0.3) is 0 Å². The second-order valence-corrected chi connectivity index (χ2v) is 2.58. The largest absolute Gasteiger partial charge is 0.390 e. The van der Waals surface area contributed by atoms with E-state index >= 15 is 0 Å². The van der Waals surface area contributed by atoms with E-state index in [-0.39, 0.29) is 12.4 Å². The van der Waals surface area contributed by atoms with Gasteiger partial charge in [-0.2, -0.15) is 0 Å². The van der Waals surface area contributed by atoms with E-state index in [2.05, 4.69) is 4.98 Å². The number of aryl methyl sites for hydroxylation is 1. The number of aromatic nitrogens is 1. The minimum atomic E-state index is -0.185. The summed E-state index contributed by atoms with van der Waals surface area (Å²) in [5, 5.41) is 16.0. The molecule has 0 atom stereocenters. The number of rotatable bonds is 2. The molecule has 1 aromatic heterocycles. The van der Waals surface area contributed by atoms with Gasteiger partial charge < -0.3 is 10.8 Å². The first-order valence-corrected chi connectivity index (χ1v) is 3.56. The number of aliphatic hydroxyl groups is 1. The standard InChI is InChI=1S/C8H11N3O/c1-5-2-6(8(9)10)7(4-12)11-3-5/h2-3,12H,4H2,1H3,(H3,9,10). The molecule has 0 amide bonds. The van der Waals surface area contributed by atoms with Gasteiger partial charge in [-0.05, 0) is 18.6 Å². The summed E-state index contributed by atoms with van der Waals surface area (Å²) in [5.74, 6) is -0.0600. The van der Waals surface area contributed by atoms with Gasteiger partial charge in [0.05, 0.1) is 12.3 Å². The zero-order valence-electron chi connectivity index (χ0n) is 6.83. The summed E-state index contributed by atoms with van der Waals surface area (Å²) in [6, 6.07) is 1.74. The van der Waals surface area contributed by atoms with Gasteiger partial charge >= 0.3 is 0 Å². The maximum Gasteiger partial charge on any atom is 0.124 e. The van der Waals surface area contributed by atoms with Crippen LogP contribution in [0.5, 0.6) is 0 Å². The Morgan fingerprint density at radius 2 is 2.42 bits per heavy atom. The van der Waals surface area contributed by atoms with Crippen molar-refractivity contribution in [1.29, 1.82) is 5.41 Å². The van der Waals surface area contributed by atoms with Crippen molar-refractivity contribution in [2.45, 2.75) is 13.5 Å². The number of amidine groups is 1. The minimum absolute atomic E-state index is 0.0600. The third-order valence-electron chi connectivity index (χ3n) is 1.55. The predicted molar refractivity (Wildman–Crippen MR) is 45.9 cm³/mol. The average molecular weight is 165 g/mol. The van der Waals surface area contributed by atoms with Gasteiger partial charge in [0.15, 0.2) is 0 Å². The fraction of sp³-hybridized carbons (Fsp3) is 0.250. The summed E-state index contributed by atoms with van der Waals surface area (Å²) in [6.45, 7) is 1.68. The number of nitrogens with two attached hydrogens (primary N) is 1. The van der Waals surface area contributed by atoms with Gasteiger partial charge in [0.2, 0.25) is 0 Å². The maximum atomic E-state index is 8.84. The molecule has 1 aromatic rings. The van der Waals surface area contributed by atoms with Crippen LogP contribution in [0.3, 0.4) is 0 Å². The lowest BCUT2D eigenvalue weighted by atomic mass is 10.1. The van der Waals surface area contributed by atoms with Gasteiger partial charge in [0, 0.05) is 11.8 Å². The van der Waals surface area contributed by atoms with Crippen LogP contribution in [0, 0.1) is 12.3 Å². The molecule has 0 aliphatic heterocycles. The van der Waals surface area contributed by atoms with Crippen molar-refractivity contribution in [1.82, 2.24) is 4.98 Å². The summed E-state index contributed by atoms with van der Waals surface area (Å²) in [4.78, 5) is 3.95. The molecule has 0 saturated heterocycles. The molecule has 4 heteroatoms. The highest BCUT2D eigenvalue weighted by atomic mass is 16.3. The topological polar surface area (TPSA) is 83.0 Å². The number of pyridine rings is 1. The Hall–Kier alpha value is -1.42. The Labute approximate surface area is 70.6 Å². The molecule has 0 saturated carbocycles. The van der Waals surface area contributed by atoms with Crippen LogP contribution in [-0.2, 0) is 6.61 Å². The van der Waals surface area contributed by atoms with Crippen LogP contribution >= 0.6 is 0 Å². The molecular formula is C8H11N3O. The minimum Gasteiger partial charge on any atom is -0.390 e. The van der Waals surface area contributed by atoms with E-state index in [4.69, 9.17) is 16.2 Å². The highest BCUT2D eigenvalue weighted by Gasteiger charge is 2.05. The molecule has 4 N–H and O–H groups in total. The van der Waals surface area contributed by atoms with Crippen molar-refractivity contribution >= 4 is 5.84 Å². The van der Waals surface area contributed by atoms with E-state index in [1.807, 2.05) is 6.92 Å². The van der Waals surface area contributed by atoms with Crippen molar-refractivity contribution in [3.05, 3.63) is 29.1 Å². The van der Waals surface area contributed by atoms with E-state index in [9.17, 15) is 0 Å². The molecule has 1 rings (SSSR count). The number of nitrogens with zero attached hydrogens (tertiary/aromatic N) is 1. The van der Waals surface area contributed by atoms with Crippen molar-refractivity contribution in [2.75, 3.05) is 0 Å². The zero-order valence-corrected chi connectivity index (χ0v) is 6.83. The monoisotopic (exact) mass is 165 g/mol. The van der Waals surface area contributed by atoms with Crippen LogP contribution in [0.4, 0.5) is 0 Å². The Morgan fingerprint density at radius 1 is 1.75 bits per heavy atom. The summed E-state index contributed by atoms with van der Waals surface area (Å²) in [5.41, 5.74) is 7.18. The number of aliphatic hydroxyl groups excluding tert-OH is 1. The zero-order chi connectivity index (χ0) is 9.14. The third kappa shape index (κ3) is 1.60. The normalized spacial score (nSPS) is 9.83. The molecule has 0 spiro atoms. The first-order valence-electron chi connectivity index (χ1n) is 3.56. The first kappa shape index (κ1) is 8.67. The third-order valence-corrected chi connectivity index (χ3v) is 1.55. The second-order valence-electron chi connectivity index (χ2n) is 2.58. The second kappa shape index (κ2) is 3.32. The number of hydrogen-bond donors (Lipinski definition) is 3. The fourth-order valence-electron chi connectivity index (χ4n) is 0.957. The summed E-state index contributed by atoms with van der Waals surface area (Å²) >= 11 is 0. The van der Waals surface area contributed by atoms with Gasteiger partial charge in [0.1, 0.15) is 5.84 Å². The van der Waals surface area contributed by atoms with Crippen LogP contribution in [-0.4, -0.2) is 15.9 Å². The molecule has 0 aliphatic carbocycles. The Morgan fingerprint density at radius 3 is 2.92 bits per heavy atom. The molecule has 4 nitrogen and oxygen atoms in total. The van der Waals surface area contributed by atoms with Gasteiger partial charge in [-0.15, -0.1) is 0 Å². The summed E-state index contributed by atoms with van der Waals surface area (Å²) in [7, 11) is 0. The highest BCUT2D eigenvalue weighted by molar-refractivity contribution is 5.96. The molecule has 0 aliphatic rings. The SMILES string of the molecule is Cc1cnc(CO)c(C(=N)N)c1. The van der Waals surface area contributed by atoms with Crippen LogP contribution in [0.15, 0.2) is 12.3 Å². The molecule has 64 valence electrons. The van der Waals surface area contributed by atoms with Gasteiger partial charge in [-0.25, -0.2) is 0 Å². The lowest BCUT2D eigenvalue weighted by Crippen LogP contribution is -2.15. The van der Waals surface area contributed by atoms with E-state index < -0.39 is 0 Å². The fourth-order valence-corrected chi connectivity index (χ4v) is 0.957. The van der Waals surface area contributed by atoms with E-state index in [0.717, 1.165) is 5.56 Å². The summed E-state index contributed by atoms with van der Waals surface area (Å²) in [6.07, 6.45) is 1.64. The van der Waals surface area contributed by atoms with Gasteiger partial charge in [-0.3, -0.25) is 10.4 Å². The lowest BCUT2D eigenvalue weighted by Gasteiger charge is -2.04. The molecule has 1 heterocycles. The van der Waals surface area contributed by atoms with E-state index in [1.165, 1.54) is 0 Å². The molecule has 0 aromatic carbocycles. The molecular weight excluding hydrogens is 154 g/mol. The van der Waals surface area contributed by atoms with E-state index in [1.54, 1.807) is 12.3 Å². The number of hydrogen-bond acceptors (Lipinski definition) is 3. The van der Waals surface area contributed by atoms with Gasteiger partial charge in [-0.1, -0.05) is 0 Å². The predicted octanol–water partition coefficient (Wildman–Crippen LogP) is 0.166. The molecule has 0 bridgehead atoms. The first-order chi connectivity index (χ1) is 5.65. The quantitative estimate of drug-likeness (QED) is 0.431. The average Bonchev–Trinajstić information content (AvgIpc) is 2.04. The van der Waals surface area contributed by atoms with Crippen molar-refractivity contribution in [3.63, 3.8) is 0 Å². The molecule has 0 unspecified atom stereocenters. The molecule has 12 heavy (non-hydrogen) atoms. The van der Waals surface area contributed by atoms with Crippen LogP contribution in [0.2, 0.25) is 0 Å². The number of nitrogens with one attached hydrogen (secondary N) is 1. The molecule has 0 fully saturated rings. The van der Waals surface area contributed by atoms with Crippen LogP contribution < -0.4 is 5.73 Å². The Bertz CT molecular complexity index is 309. The lowest BCUT2D eigenvalue weighted by molar-refractivity contribution is 0.276. The van der Waals surface area contributed by atoms with Crippen LogP contribution in [0.25, 0.3) is 0 Å². The Balaban J connectivity index is 3.21. The van der Waals surface area contributed by atoms with Crippen molar-refractivity contribution in [3.8, 4) is 0 Å². The Kier molecular flexibility index (Phi) is 2.40. The van der Waals surface area contributed by atoms with Crippen molar-refractivity contribution in [2.24, 2.45) is 5.73 Å². The smallest absolute Gasteiger partial charge is 0.124 e.